The van der Waals surface area contributed by atoms with E-state index >= 15 is 0 Å². The highest BCUT2D eigenvalue weighted by atomic mass is 19.1. The van der Waals surface area contributed by atoms with Crippen LogP contribution >= 0.6 is 0 Å². The Balaban J connectivity index is 2.35. The first kappa shape index (κ1) is 14.4. The largest absolute Gasteiger partial charge is 0.396 e. The highest BCUT2D eigenvalue weighted by molar-refractivity contribution is 5.62. The lowest BCUT2D eigenvalue weighted by molar-refractivity contribution is 0.340. The minimum atomic E-state index is -0.792. The van der Waals surface area contributed by atoms with Crippen LogP contribution in [0.2, 0.25) is 0 Å². The molecule has 1 aromatic heterocycles. The fraction of sp³-hybridized carbons (Fsp3) is 0.462. The van der Waals surface area contributed by atoms with Gasteiger partial charge in [0, 0.05) is 12.6 Å². The summed E-state index contributed by atoms with van der Waals surface area (Å²) in [5.41, 5.74) is 5.54. The molecule has 0 spiro atoms. The Hall–Kier alpha value is -2.05. The van der Waals surface area contributed by atoms with Crippen molar-refractivity contribution >= 4 is 5.69 Å². The van der Waals surface area contributed by atoms with Crippen LogP contribution in [0, 0.1) is 17.0 Å². The van der Waals surface area contributed by atoms with E-state index in [1.165, 1.54) is 10.7 Å². The van der Waals surface area contributed by atoms with E-state index in [1.807, 2.05) is 0 Å². The lowest BCUT2D eigenvalue weighted by atomic mass is 9.92. The van der Waals surface area contributed by atoms with Gasteiger partial charge in [0.1, 0.15) is 11.6 Å². The summed E-state index contributed by atoms with van der Waals surface area (Å²) in [6.07, 6.45) is 0.823. The fourth-order valence-corrected chi connectivity index (χ4v) is 1.73. The molecular formula is C13H17F2N5. The quantitative estimate of drug-likeness (QED) is 0.878. The molecule has 0 saturated heterocycles. The number of hydrogen-bond donors (Lipinski definition) is 1. The summed E-state index contributed by atoms with van der Waals surface area (Å²) >= 11 is 0. The van der Waals surface area contributed by atoms with Crippen LogP contribution in [0.4, 0.5) is 14.5 Å². The smallest absolute Gasteiger partial charge is 0.185 e. The number of aromatic nitrogens is 4. The lowest BCUT2D eigenvalue weighted by Crippen LogP contribution is -2.12. The van der Waals surface area contributed by atoms with E-state index in [-0.39, 0.29) is 22.5 Å². The van der Waals surface area contributed by atoms with Crippen LogP contribution in [0.5, 0.6) is 0 Å². The second-order valence-corrected chi connectivity index (χ2v) is 5.89. The third-order valence-corrected chi connectivity index (χ3v) is 2.93. The van der Waals surface area contributed by atoms with E-state index in [2.05, 4.69) is 36.3 Å². The van der Waals surface area contributed by atoms with Crippen LogP contribution in [0.25, 0.3) is 11.4 Å². The molecular weight excluding hydrogens is 264 g/mol. The number of nitrogens with two attached hydrogens (primary N) is 1. The van der Waals surface area contributed by atoms with E-state index in [4.69, 9.17) is 5.73 Å². The zero-order chi connectivity index (χ0) is 14.9. The van der Waals surface area contributed by atoms with Crippen molar-refractivity contribution < 1.29 is 8.78 Å². The molecule has 0 fully saturated rings. The summed E-state index contributed by atoms with van der Waals surface area (Å²) < 4.78 is 28.5. The van der Waals surface area contributed by atoms with Crippen molar-refractivity contribution in [3.8, 4) is 11.4 Å². The van der Waals surface area contributed by atoms with Gasteiger partial charge in [-0.15, -0.1) is 5.10 Å². The van der Waals surface area contributed by atoms with Crippen molar-refractivity contribution in [2.75, 3.05) is 5.73 Å². The minimum Gasteiger partial charge on any atom is -0.396 e. The van der Waals surface area contributed by atoms with Crippen molar-refractivity contribution in [3.63, 3.8) is 0 Å². The standard InChI is InChI=1S/C13H17F2N5/c1-13(2,3)4-5-20-12(17-18-19-20)8-6-11(16)10(15)7-9(8)14/h6-7H,4-5,16H2,1-3H3. The molecule has 5 nitrogen and oxygen atoms in total. The summed E-state index contributed by atoms with van der Waals surface area (Å²) in [6, 6.07) is 1.96. The molecule has 2 aromatic rings. The Labute approximate surface area is 115 Å². The lowest BCUT2D eigenvalue weighted by Gasteiger charge is -2.17. The summed E-state index contributed by atoms with van der Waals surface area (Å²) in [4.78, 5) is 0. The summed E-state index contributed by atoms with van der Waals surface area (Å²) in [5, 5.41) is 11.2. The molecule has 0 bridgehead atoms. The summed E-state index contributed by atoms with van der Waals surface area (Å²) in [5.74, 6) is -1.28. The molecule has 0 aliphatic carbocycles. The monoisotopic (exact) mass is 281 g/mol. The first-order chi connectivity index (χ1) is 9.28. The van der Waals surface area contributed by atoms with Crippen LogP contribution in [0.3, 0.4) is 0 Å². The van der Waals surface area contributed by atoms with E-state index in [9.17, 15) is 8.78 Å². The molecule has 0 aliphatic heterocycles. The molecule has 0 saturated carbocycles. The van der Waals surface area contributed by atoms with Gasteiger partial charge in [0.2, 0.25) is 0 Å². The van der Waals surface area contributed by atoms with E-state index in [0.29, 0.717) is 6.54 Å². The first-order valence-electron chi connectivity index (χ1n) is 6.29. The van der Waals surface area contributed by atoms with Crippen molar-refractivity contribution in [2.45, 2.75) is 33.7 Å². The van der Waals surface area contributed by atoms with Gasteiger partial charge in [-0.1, -0.05) is 20.8 Å². The zero-order valence-electron chi connectivity index (χ0n) is 11.7. The normalized spacial score (nSPS) is 11.8. The van der Waals surface area contributed by atoms with Crippen LogP contribution in [0.15, 0.2) is 12.1 Å². The predicted molar refractivity (Wildman–Crippen MR) is 71.7 cm³/mol. The molecule has 0 amide bonds. The fourth-order valence-electron chi connectivity index (χ4n) is 1.73. The third kappa shape index (κ3) is 3.09. The number of benzene rings is 1. The van der Waals surface area contributed by atoms with Crippen molar-refractivity contribution in [2.24, 2.45) is 5.41 Å². The molecule has 0 unspecified atom stereocenters. The van der Waals surface area contributed by atoms with Gasteiger partial charge in [-0.3, -0.25) is 0 Å². The molecule has 1 aromatic carbocycles. The molecule has 0 aliphatic rings. The van der Waals surface area contributed by atoms with E-state index < -0.39 is 11.6 Å². The van der Waals surface area contributed by atoms with Crippen molar-refractivity contribution in [3.05, 3.63) is 23.8 Å². The number of nitrogen functional groups attached to an aromatic ring is 1. The van der Waals surface area contributed by atoms with Gasteiger partial charge in [0.15, 0.2) is 5.82 Å². The molecule has 0 atom stereocenters. The number of halogens is 2. The SMILES string of the molecule is CC(C)(C)CCn1nnnc1-c1cc(N)c(F)cc1F. The van der Waals surface area contributed by atoms with Crippen molar-refractivity contribution in [1.29, 1.82) is 0 Å². The van der Waals surface area contributed by atoms with Gasteiger partial charge in [0.05, 0.1) is 11.3 Å². The number of nitrogens with zero attached hydrogens (tertiary/aromatic N) is 4. The molecule has 2 N–H and O–H groups in total. The Morgan fingerprint density at radius 2 is 1.90 bits per heavy atom. The third-order valence-electron chi connectivity index (χ3n) is 2.93. The maximum Gasteiger partial charge on any atom is 0.185 e. The maximum atomic E-state index is 13.8. The average molecular weight is 281 g/mol. The topological polar surface area (TPSA) is 69.6 Å². The highest BCUT2D eigenvalue weighted by Crippen LogP contribution is 2.26. The summed E-state index contributed by atoms with van der Waals surface area (Å²) in [7, 11) is 0. The van der Waals surface area contributed by atoms with Crippen LogP contribution in [-0.4, -0.2) is 20.2 Å². The van der Waals surface area contributed by atoms with Crippen LogP contribution < -0.4 is 5.73 Å². The number of hydrogen-bond acceptors (Lipinski definition) is 4. The Bertz CT molecular complexity index is 616. The molecule has 20 heavy (non-hydrogen) atoms. The molecule has 0 radical (unpaired) electrons. The van der Waals surface area contributed by atoms with Gasteiger partial charge in [-0.25, -0.2) is 13.5 Å². The van der Waals surface area contributed by atoms with Crippen LogP contribution in [-0.2, 0) is 6.54 Å². The van der Waals surface area contributed by atoms with E-state index in [1.54, 1.807) is 0 Å². The number of tetrazole rings is 1. The minimum absolute atomic E-state index is 0.0998. The number of rotatable bonds is 3. The van der Waals surface area contributed by atoms with Gasteiger partial charge in [-0.2, -0.15) is 0 Å². The maximum absolute atomic E-state index is 13.8. The summed E-state index contributed by atoms with van der Waals surface area (Å²) in [6.45, 7) is 6.82. The Morgan fingerprint density at radius 3 is 2.55 bits per heavy atom. The second kappa shape index (κ2) is 5.15. The molecule has 108 valence electrons. The van der Waals surface area contributed by atoms with Gasteiger partial charge >= 0.3 is 0 Å². The Kier molecular flexibility index (Phi) is 3.69. The highest BCUT2D eigenvalue weighted by Gasteiger charge is 2.18. The number of anilines is 1. The average Bonchev–Trinajstić information content (AvgIpc) is 2.78. The predicted octanol–water partition coefficient (Wildman–Crippen LogP) is 2.64. The molecule has 7 heteroatoms. The zero-order valence-corrected chi connectivity index (χ0v) is 11.7. The Morgan fingerprint density at radius 1 is 1.20 bits per heavy atom. The molecule has 1 heterocycles. The van der Waals surface area contributed by atoms with Gasteiger partial charge in [-0.05, 0) is 28.3 Å². The number of aryl methyl sites for hydroxylation is 1. The second-order valence-electron chi connectivity index (χ2n) is 5.89. The van der Waals surface area contributed by atoms with Crippen LogP contribution in [0.1, 0.15) is 27.2 Å². The molecule has 2 rings (SSSR count). The van der Waals surface area contributed by atoms with E-state index in [0.717, 1.165) is 12.5 Å². The van der Waals surface area contributed by atoms with Crippen molar-refractivity contribution in [1.82, 2.24) is 20.2 Å². The van der Waals surface area contributed by atoms with Gasteiger partial charge < -0.3 is 5.73 Å². The van der Waals surface area contributed by atoms with Gasteiger partial charge in [0.25, 0.3) is 0 Å². The first-order valence-corrected chi connectivity index (χ1v) is 6.29.